The van der Waals surface area contributed by atoms with Crippen LogP contribution in [0.4, 0.5) is 5.69 Å². The summed E-state index contributed by atoms with van der Waals surface area (Å²) in [6.07, 6.45) is 3.32. The number of piperidine rings is 1. The maximum Gasteiger partial charge on any atom is 0.101 e. The highest BCUT2D eigenvalue weighted by molar-refractivity contribution is 6.30. The van der Waals surface area contributed by atoms with Crippen molar-refractivity contribution in [3.05, 3.63) is 35.4 Å². The zero-order valence-corrected chi connectivity index (χ0v) is 10.3. The van der Waals surface area contributed by atoms with E-state index in [1.54, 1.807) is 0 Å². The molecule has 1 aromatic rings. The van der Waals surface area contributed by atoms with Gasteiger partial charge in [-0.05, 0) is 44.0 Å². The van der Waals surface area contributed by atoms with Gasteiger partial charge in [0, 0.05) is 30.4 Å². The molecular formula is C13H17ClNO. The number of hydrogen-bond donors (Lipinski definition) is 0. The molecule has 1 fully saturated rings. The van der Waals surface area contributed by atoms with Crippen LogP contribution in [0.5, 0.6) is 0 Å². The van der Waals surface area contributed by atoms with Crippen molar-refractivity contribution in [1.29, 1.82) is 0 Å². The summed E-state index contributed by atoms with van der Waals surface area (Å²) in [6, 6.07) is 8.04. The summed E-state index contributed by atoms with van der Waals surface area (Å²) in [7, 11) is 0. The first-order valence-corrected chi connectivity index (χ1v) is 6.15. The maximum atomic E-state index is 5.87. The van der Waals surface area contributed by atoms with Gasteiger partial charge >= 0.3 is 0 Å². The number of benzene rings is 1. The molecular weight excluding hydrogens is 222 g/mol. The second-order valence-corrected chi connectivity index (χ2v) is 4.37. The van der Waals surface area contributed by atoms with Gasteiger partial charge in [-0.1, -0.05) is 11.6 Å². The molecule has 87 valence electrons. The van der Waals surface area contributed by atoms with Crippen LogP contribution in [0.3, 0.4) is 0 Å². The Balaban J connectivity index is 1.91. The summed E-state index contributed by atoms with van der Waals surface area (Å²) in [5.41, 5.74) is 1.25. The van der Waals surface area contributed by atoms with Crippen molar-refractivity contribution in [2.75, 3.05) is 24.6 Å². The molecule has 0 bridgehead atoms. The van der Waals surface area contributed by atoms with E-state index < -0.39 is 0 Å². The number of rotatable bonds is 3. The SMILES string of the molecule is CCO[C]1CCN(c2ccc(Cl)cc2)CC1. The molecule has 0 aliphatic carbocycles. The summed E-state index contributed by atoms with van der Waals surface area (Å²) in [5, 5.41) is 0.794. The van der Waals surface area contributed by atoms with E-state index in [2.05, 4.69) is 17.0 Å². The van der Waals surface area contributed by atoms with E-state index in [0.29, 0.717) is 0 Å². The fourth-order valence-corrected chi connectivity index (χ4v) is 2.14. The first-order valence-electron chi connectivity index (χ1n) is 5.77. The highest BCUT2D eigenvalue weighted by Crippen LogP contribution is 2.26. The topological polar surface area (TPSA) is 12.5 Å². The average Bonchev–Trinajstić information content (AvgIpc) is 2.32. The van der Waals surface area contributed by atoms with Gasteiger partial charge < -0.3 is 9.64 Å². The third kappa shape index (κ3) is 2.89. The smallest absolute Gasteiger partial charge is 0.101 e. The van der Waals surface area contributed by atoms with Crippen LogP contribution < -0.4 is 4.90 Å². The average molecular weight is 239 g/mol. The van der Waals surface area contributed by atoms with Crippen LogP contribution in [-0.2, 0) is 4.74 Å². The Morgan fingerprint density at radius 3 is 2.38 bits per heavy atom. The number of halogens is 1. The fourth-order valence-electron chi connectivity index (χ4n) is 2.01. The van der Waals surface area contributed by atoms with Crippen LogP contribution in [-0.4, -0.2) is 19.7 Å². The molecule has 1 saturated heterocycles. The summed E-state index contributed by atoms with van der Waals surface area (Å²) in [6.45, 7) is 4.91. The highest BCUT2D eigenvalue weighted by atomic mass is 35.5. The molecule has 0 saturated carbocycles. The molecule has 0 atom stereocenters. The standard InChI is InChI=1S/C13H17ClNO/c1-2-16-13-7-9-15(10-8-13)12-5-3-11(14)4-6-12/h3-6H,2,7-10H2,1H3. The maximum absolute atomic E-state index is 5.87. The van der Waals surface area contributed by atoms with Gasteiger partial charge in [-0.15, -0.1) is 0 Å². The van der Waals surface area contributed by atoms with Crippen molar-refractivity contribution in [1.82, 2.24) is 0 Å². The summed E-state index contributed by atoms with van der Waals surface area (Å²) >= 11 is 5.87. The Morgan fingerprint density at radius 2 is 1.81 bits per heavy atom. The van der Waals surface area contributed by atoms with Crippen molar-refractivity contribution in [3.8, 4) is 0 Å². The second-order valence-electron chi connectivity index (χ2n) is 3.94. The zero-order chi connectivity index (χ0) is 11.4. The van der Waals surface area contributed by atoms with E-state index in [0.717, 1.165) is 37.6 Å². The van der Waals surface area contributed by atoms with E-state index in [9.17, 15) is 0 Å². The van der Waals surface area contributed by atoms with E-state index >= 15 is 0 Å². The Labute approximate surface area is 102 Å². The predicted octanol–water partition coefficient (Wildman–Crippen LogP) is 3.51. The Bertz CT molecular complexity index is 317. The lowest BCUT2D eigenvalue weighted by Crippen LogP contribution is -2.33. The molecule has 0 N–H and O–H groups in total. The quantitative estimate of drug-likeness (QED) is 0.799. The van der Waals surface area contributed by atoms with Gasteiger partial charge in [0.15, 0.2) is 0 Å². The fraction of sp³-hybridized carbons (Fsp3) is 0.462. The molecule has 16 heavy (non-hydrogen) atoms. The summed E-state index contributed by atoms with van der Waals surface area (Å²) < 4.78 is 5.55. The first kappa shape index (κ1) is 11.7. The van der Waals surface area contributed by atoms with Crippen molar-refractivity contribution in [2.24, 2.45) is 0 Å². The molecule has 0 unspecified atom stereocenters. The first-order chi connectivity index (χ1) is 7.79. The number of ether oxygens (including phenoxy) is 1. The van der Waals surface area contributed by atoms with E-state index in [-0.39, 0.29) is 0 Å². The molecule has 2 rings (SSSR count). The van der Waals surface area contributed by atoms with Gasteiger partial charge in [-0.3, -0.25) is 0 Å². The molecule has 1 aromatic carbocycles. The van der Waals surface area contributed by atoms with Gasteiger partial charge in [0.25, 0.3) is 0 Å². The minimum absolute atomic E-state index is 0.788. The number of anilines is 1. The summed E-state index contributed by atoms with van der Waals surface area (Å²) in [4.78, 5) is 2.37. The lowest BCUT2D eigenvalue weighted by Gasteiger charge is -2.32. The van der Waals surface area contributed by atoms with Crippen LogP contribution in [0.15, 0.2) is 24.3 Å². The minimum atomic E-state index is 0.788. The lowest BCUT2D eigenvalue weighted by atomic mass is 10.1. The van der Waals surface area contributed by atoms with Crippen molar-refractivity contribution in [2.45, 2.75) is 19.8 Å². The zero-order valence-electron chi connectivity index (χ0n) is 9.58. The molecule has 1 radical (unpaired) electrons. The largest absolute Gasteiger partial charge is 0.372 e. The molecule has 0 aromatic heterocycles. The van der Waals surface area contributed by atoms with Crippen LogP contribution >= 0.6 is 11.6 Å². The molecule has 0 amide bonds. The second kappa shape index (κ2) is 5.55. The van der Waals surface area contributed by atoms with Crippen LogP contribution in [0.2, 0.25) is 5.02 Å². The third-order valence-electron chi connectivity index (χ3n) is 2.86. The Hall–Kier alpha value is -0.730. The van der Waals surface area contributed by atoms with Gasteiger partial charge in [0.2, 0.25) is 0 Å². The molecule has 1 aliphatic heterocycles. The van der Waals surface area contributed by atoms with Gasteiger partial charge in [0.05, 0.1) is 0 Å². The van der Waals surface area contributed by atoms with E-state index in [1.165, 1.54) is 11.8 Å². The van der Waals surface area contributed by atoms with Gasteiger partial charge in [-0.25, -0.2) is 0 Å². The Kier molecular flexibility index (Phi) is 4.08. The Morgan fingerprint density at radius 1 is 1.19 bits per heavy atom. The van der Waals surface area contributed by atoms with Crippen molar-refractivity contribution < 1.29 is 4.74 Å². The third-order valence-corrected chi connectivity index (χ3v) is 3.11. The normalized spacial score (nSPS) is 17.8. The van der Waals surface area contributed by atoms with E-state index in [1.807, 2.05) is 19.1 Å². The van der Waals surface area contributed by atoms with Crippen LogP contribution in [0, 0.1) is 6.10 Å². The molecule has 3 heteroatoms. The van der Waals surface area contributed by atoms with Crippen molar-refractivity contribution >= 4 is 17.3 Å². The highest BCUT2D eigenvalue weighted by Gasteiger charge is 2.20. The van der Waals surface area contributed by atoms with Crippen molar-refractivity contribution in [3.63, 3.8) is 0 Å². The van der Waals surface area contributed by atoms with E-state index in [4.69, 9.17) is 16.3 Å². The number of hydrogen-bond acceptors (Lipinski definition) is 2. The van der Waals surface area contributed by atoms with Gasteiger partial charge in [-0.2, -0.15) is 0 Å². The van der Waals surface area contributed by atoms with Crippen LogP contribution in [0.1, 0.15) is 19.8 Å². The monoisotopic (exact) mass is 238 g/mol. The predicted molar refractivity (Wildman–Crippen MR) is 67.8 cm³/mol. The summed E-state index contributed by atoms with van der Waals surface area (Å²) in [5.74, 6) is 0. The molecule has 1 aliphatic rings. The van der Waals surface area contributed by atoms with Gasteiger partial charge in [0.1, 0.15) is 6.10 Å². The molecule has 0 spiro atoms. The van der Waals surface area contributed by atoms with Crippen LogP contribution in [0.25, 0.3) is 0 Å². The minimum Gasteiger partial charge on any atom is -0.372 e. The lowest BCUT2D eigenvalue weighted by molar-refractivity contribution is 0.133. The number of nitrogens with zero attached hydrogens (tertiary/aromatic N) is 1. The molecule has 2 nitrogen and oxygen atoms in total. The molecule has 1 heterocycles.